The van der Waals surface area contributed by atoms with Gasteiger partial charge in [0.15, 0.2) is 5.13 Å². The summed E-state index contributed by atoms with van der Waals surface area (Å²) in [5, 5.41) is 3.43. The van der Waals surface area contributed by atoms with Crippen molar-refractivity contribution in [2.45, 2.75) is 27.7 Å². The van der Waals surface area contributed by atoms with Crippen molar-refractivity contribution in [3.8, 4) is 17.0 Å². The van der Waals surface area contributed by atoms with Gasteiger partial charge in [-0.2, -0.15) is 0 Å². The van der Waals surface area contributed by atoms with Crippen LogP contribution < -0.4 is 10.1 Å². The molecule has 6 heteroatoms. The summed E-state index contributed by atoms with van der Waals surface area (Å²) in [5.41, 5.74) is 2.39. The summed E-state index contributed by atoms with van der Waals surface area (Å²) in [6.07, 6.45) is 0. The predicted molar refractivity (Wildman–Crippen MR) is 99.6 cm³/mol. The molecule has 0 fully saturated rings. The SMILES string of the molecule is CCOc1ccc(-c2nc(NC(=O)c3cc(C)oc3C)sc2C)cc1. The molecule has 0 aliphatic carbocycles. The third-order valence-electron chi connectivity index (χ3n) is 3.74. The van der Waals surface area contributed by atoms with Gasteiger partial charge in [0.1, 0.15) is 17.3 Å². The van der Waals surface area contributed by atoms with Crippen molar-refractivity contribution in [1.29, 1.82) is 0 Å². The average molecular weight is 356 g/mol. The minimum absolute atomic E-state index is 0.207. The van der Waals surface area contributed by atoms with Gasteiger partial charge in [0.25, 0.3) is 5.91 Å². The van der Waals surface area contributed by atoms with Gasteiger partial charge in [-0.3, -0.25) is 10.1 Å². The van der Waals surface area contributed by atoms with Gasteiger partial charge >= 0.3 is 0 Å². The first-order chi connectivity index (χ1) is 12.0. The Kier molecular flexibility index (Phi) is 4.90. The molecule has 0 radical (unpaired) electrons. The Bertz CT molecular complexity index is 894. The third kappa shape index (κ3) is 3.74. The number of rotatable bonds is 5. The number of aryl methyl sites for hydroxylation is 3. The van der Waals surface area contributed by atoms with Crippen molar-refractivity contribution in [3.63, 3.8) is 0 Å². The molecule has 25 heavy (non-hydrogen) atoms. The lowest BCUT2D eigenvalue weighted by Gasteiger charge is -2.04. The fraction of sp³-hybridized carbons (Fsp3) is 0.263. The van der Waals surface area contributed by atoms with Crippen molar-refractivity contribution in [3.05, 3.63) is 52.3 Å². The molecule has 2 heterocycles. The van der Waals surface area contributed by atoms with Crippen LogP contribution in [0.5, 0.6) is 5.75 Å². The number of hydrogen-bond donors (Lipinski definition) is 1. The van der Waals surface area contributed by atoms with E-state index < -0.39 is 0 Å². The molecule has 1 aromatic carbocycles. The fourth-order valence-electron chi connectivity index (χ4n) is 2.61. The highest BCUT2D eigenvalue weighted by Crippen LogP contribution is 2.31. The number of carbonyl (C=O) groups excluding carboxylic acids is 1. The molecule has 0 spiro atoms. The first-order valence-electron chi connectivity index (χ1n) is 8.07. The Morgan fingerprint density at radius 1 is 1.24 bits per heavy atom. The van der Waals surface area contributed by atoms with E-state index in [9.17, 15) is 4.79 Å². The van der Waals surface area contributed by atoms with Gasteiger partial charge < -0.3 is 9.15 Å². The van der Waals surface area contributed by atoms with E-state index in [-0.39, 0.29) is 5.91 Å². The number of nitrogens with zero attached hydrogens (tertiary/aromatic N) is 1. The van der Waals surface area contributed by atoms with Crippen LogP contribution in [0.3, 0.4) is 0 Å². The summed E-state index contributed by atoms with van der Waals surface area (Å²) in [6.45, 7) is 8.18. The van der Waals surface area contributed by atoms with Gasteiger partial charge in [-0.05, 0) is 58.0 Å². The molecule has 1 N–H and O–H groups in total. The Balaban J connectivity index is 1.80. The van der Waals surface area contributed by atoms with Crippen LogP contribution in [0.4, 0.5) is 5.13 Å². The highest BCUT2D eigenvalue weighted by Gasteiger charge is 2.17. The van der Waals surface area contributed by atoms with Crippen LogP contribution in [0, 0.1) is 20.8 Å². The lowest BCUT2D eigenvalue weighted by molar-refractivity contribution is 0.102. The highest BCUT2D eigenvalue weighted by atomic mass is 32.1. The zero-order chi connectivity index (χ0) is 18.0. The molecule has 130 valence electrons. The van der Waals surface area contributed by atoms with Gasteiger partial charge in [-0.1, -0.05) is 0 Å². The molecule has 0 aliphatic heterocycles. The van der Waals surface area contributed by atoms with E-state index in [0.717, 1.165) is 21.9 Å². The van der Waals surface area contributed by atoms with Gasteiger partial charge in [0, 0.05) is 10.4 Å². The second-order valence-corrected chi connectivity index (χ2v) is 6.87. The van der Waals surface area contributed by atoms with Gasteiger partial charge in [0.2, 0.25) is 0 Å². The molecule has 3 aromatic rings. The summed E-state index contributed by atoms with van der Waals surface area (Å²) >= 11 is 1.45. The number of amides is 1. The molecule has 0 aliphatic rings. The van der Waals surface area contributed by atoms with Crippen LogP contribution in [0.15, 0.2) is 34.7 Å². The first-order valence-corrected chi connectivity index (χ1v) is 8.88. The molecule has 2 aromatic heterocycles. The maximum atomic E-state index is 12.4. The number of furan rings is 1. The number of thiazole rings is 1. The van der Waals surface area contributed by atoms with Crippen LogP contribution in [0.1, 0.15) is 33.7 Å². The zero-order valence-corrected chi connectivity index (χ0v) is 15.5. The minimum atomic E-state index is -0.207. The normalized spacial score (nSPS) is 10.7. The second kappa shape index (κ2) is 7.11. The Morgan fingerprint density at radius 2 is 1.96 bits per heavy atom. The van der Waals surface area contributed by atoms with E-state index in [2.05, 4.69) is 10.3 Å². The van der Waals surface area contributed by atoms with Crippen molar-refractivity contribution >= 4 is 22.4 Å². The Labute approximate surface area is 150 Å². The Morgan fingerprint density at radius 3 is 2.56 bits per heavy atom. The summed E-state index contributed by atoms with van der Waals surface area (Å²) in [6, 6.07) is 9.53. The standard InChI is InChI=1S/C19H20N2O3S/c1-5-23-15-8-6-14(7-9-15)17-13(4)25-19(20-17)21-18(22)16-10-11(2)24-12(16)3/h6-10H,5H2,1-4H3,(H,20,21,22). The molecule has 1 amide bonds. The number of benzene rings is 1. The van der Waals surface area contributed by atoms with Crippen molar-refractivity contribution in [2.24, 2.45) is 0 Å². The number of aromatic nitrogens is 1. The van der Waals surface area contributed by atoms with Gasteiger partial charge in [-0.15, -0.1) is 11.3 Å². The molecular formula is C19H20N2O3S. The monoisotopic (exact) mass is 356 g/mol. The van der Waals surface area contributed by atoms with Gasteiger partial charge in [-0.25, -0.2) is 4.98 Å². The van der Waals surface area contributed by atoms with Crippen molar-refractivity contribution < 1.29 is 13.9 Å². The van der Waals surface area contributed by atoms with Crippen LogP contribution in [-0.2, 0) is 0 Å². The fourth-order valence-corrected chi connectivity index (χ4v) is 3.44. The molecule has 0 bridgehead atoms. The lowest BCUT2D eigenvalue weighted by Crippen LogP contribution is -2.11. The molecule has 0 saturated heterocycles. The quantitative estimate of drug-likeness (QED) is 0.700. The summed E-state index contributed by atoms with van der Waals surface area (Å²) in [4.78, 5) is 18.0. The van der Waals surface area contributed by atoms with Gasteiger partial charge in [0.05, 0.1) is 17.9 Å². The summed E-state index contributed by atoms with van der Waals surface area (Å²) in [7, 11) is 0. The topological polar surface area (TPSA) is 64.4 Å². The lowest BCUT2D eigenvalue weighted by atomic mass is 10.1. The first kappa shape index (κ1) is 17.2. The van der Waals surface area contributed by atoms with E-state index in [1.165, 1.54) is 11.3 Å². The predicted octanol–water partition coefficient (Wildman–Crippen LogP) is 4.98. The number of anilines is 1. The van der Waals surface area contributed by atoms with Crippen LogP contribution in [-0.4, -0.2) is 17.5 Å². The van der Waals surface area contributed by atoms with Crippen LogP contribution in [0.2, 0.25) is 0 Å². The van der Waals surface area contributed by atoms with Crippen molar-refractivity contribution in [2.75, 3.05) is 11.9 Å². The van der Waals surface area contributed by atoms with E-state index >= 15 is 0 Å². The minimum Gasteiger partial charge on any atom is -0.494 e. The molecule has 0 unspecified atom stereocenters. The van der Waals surface area contributed by atoms with Crippen molar-refractivity contribution in [1.82, 2.24) is 4.98 Å². The third-order valence-corrected chi connectivity index (χ3v) is 4.63. The number of ether oxygens (including phenoxy) is 1. The second-order valence-electron chi connectivity index (χ2n) is 5.66. The van der Waals surface area contributed by atoms with E-state index in [1.807, 2.05) is 45.0 Å². The van der Waals surface area contributed by atoms with E-state index in [1.54, 1.807) is 13.0 Å². The molecule has 5 nitrogen and oxygen atoms in total. The van der Waals surface area contributed by atoms with Crippen LogP contribution in [0.25, 0.3) is 11.3 Å². The van der Waals surface area contributed by atoms with Crippen LogP contribution >= 0.6 is 11.3 Å². The Hall–Kier alpha value is -2.60. The zero-order valence-electron chi connectivity index (χ0n) is 14.7. The molecule has 0 atom stereocenters. The maximum absolute atomic E-state index is 12.4. The molecule has 3 rings (SSSR count). The number of nitrogens with one attached hydrogen (secondary N) is 1. The smallest absolute Gasteiger partial charge is 0.260 e. The summed E-state index contributed by atoms with van der Waals surface area (Å²) < 4.78 is 10.9. The van der Waals surface area contributed by atoms with E-state index in [4.69, 9.17) is 9.15 Å². The molecule has 0 saturated carbocycles. The molecular weight excluding hydrogens is 336 g/mol. The number of hydrogen-bond acceptors (Lipinski definition) is 5. The largest absolute Gasteiger partial charge is 0.494 e. The van der Waals surface area contributed by atoms with E-state index in [0.29, 0.717) is 28.8 Å². The maximum Gasteiger partial charge on any atom is 0.260 e. The number of carbonyl (C=O) groups is 1. The average Bonchev–Trinajstić information content (AvgIpc) is 3.10. The highest BCUT2D eigenvalue weighted by molar-refractivity contribution is 7.16. The summed E-state index contributed by atoms with van der Waals surface area (Å²) in [5.74, 6) is 1.95.